The van der Waals surface area contributed by atoms with Crippen LogP contribution in [-0.2, 0) is 17.7 Å². The number of esters is 1. The molecule has 0 unspecified atom stereocenters. The van der Waals surface area contributed by atoms with Crippen LogP contribution in [-0.4, -0.2) is 64.9 Å². The van der Waals surface area contributed by atoms with Gasteiger partial charge in [0, 0.05) is 10.4 Å². The molecule has 0 aliphatic rings. The number of carbonyl (C=O) groups is 1. The molecule has 244 valence electrons. The molecule has 2 N–H and O–H groups in total. The molecular formula is C34H36FN7O3S2. The van der Waals surface area contributed by atoms with E-state index < -0.39 is 11.8 Å². The van der Waals surface area contributed by atoms with Gasteiger partial charge in [0.05, 0.1) is 42.2 Å². The lowest BCUT2D eigenvalue weighted by atomic mass is 10.1. The van der Waals surface area contributed by atoms with Crippen LogP contribution in [0.15, 0.2) is 48.5 Å². The number of benzene rings is 2. The molecule has 5 rings (SSSR count). The van der Waals surface area contributed by atoms with E-state index in [0.717, 1.165) is 25.8 Å². The van der Waals surface area contributed by atoms with Gasteiger partial charge in [-0.05, 0) is 82.2 Å². The first-order valence-corrected chi connectivity index (χ1v) is 16.7. The van der Waals surface area contributed by atoms with Crippen LogP contribution in [0.1, 0.15) is 46.0 Å². The number of fused-ring (bicyclic) bond motifs is 1. The lowest BCUT2D eigenvalue weighted by molar-refractivity contribution is 0.0519. The van der Waals surface area contributed by atoms with Crippen molar-refractivity contribution in [3.05, 3.63) is 81.7 Å². The van der Waals surface area contributed by atoms with E-state index in [1.54, 1.807) is 30.4 Å². The fourth-order valence-electron chi connectivity index (χ4n) is 4.47. The molecule has 2 aromatic carbocycles. The minimum absolute atomic E-state index is 0.0422. The SMILES string of the molecule is CCOC(=O)c1nc(NCc2cc(C)c(Nc3nc4ccccc4s3)nn2)sc1C[C@H](C)COc1ccc(C#CCN(C)C)cc1F. The monoisotopic (exact) mass is 673 g/mol. The zero-order chi connectivity index (χ0) is 33.3. The molecule has 0 aliphatic carbocycles. The Labute approximate surface area is 281 Å². The second-order valence-electron chi connectivity index (χ2n) is 11.1. The first-order valence-electron chi connectivity index (χ1n) is 15.1. The lowest BCUT2D eigenvalue weighted by Gasteiger charge is -2.13. The van der Waals surface area contributed by atoms with E-state index in [4.69, 9.17) is 9.47 Å². The van der Waals surface area contributed by atoms with Gasteiger partial charge >= 0.3 is 5.97 Å². The molecular weight excluding hydrogens is 638 g/mol. The fraction of sp³-hybridized carbons (Fsp3) is 0.324. The second-order valence-corrected chi connectivity index (χ2v) is 13.3. The van der Waals surface area contributed by atoms with Crippen LogP contribution in [0.25, 0.3) is 10.2 Å². The summed E-state index contributed by atoms with van der Waals surface area (Å²) in [6, 6.07) is 14.6. The molecule has 3 aromatic heterocycles. The minimum atomic E-state index is -0.488. The minimum Gasteiger partial charge on any atom is -0.490 e. The number of nitrogens with zero attached hydrogens (tertiary/aromatic N) is 5. The number of hydrogen-bond donors (Lipinski definition) is 2. The van der Waals surface area contributed by atoms with E-state index in [2.05, 4.69) is 42.6 Å². The number of aryl methyl sites for hydroxylation is 1. The molecule has 1 atom stereocenters. The van der Waals surface area contributed by atoms with Crippen molar-refractivity contribution in [2.24, 2.45) is 5.92 Å². The van der Waals surface area contributed by atoms with Crippen molar-refractivity contribution in [2.45, 2.75) is 33.7 Å². The standard InChI is InChI=1S/C34H36FN7O3S2/c1-6-44-32(43)30-29(16-21(2)20-45-27-14-13-23(18-25(27)35)10-9-15-42(4)5)47-33(38-30)36-19-24-17-22(3)31(41-40-24)39-34-37-26-11-7-8-12-28(26)46-34/h7-8,11-14,17-18,21H,6,15-16,19-20H2,1-5H3,(H,36,38)(H,37,39,41)/t21-/m0/s1. The summed E-state index contributed by atoms with van der Waals surface area (Å²) in [6.07, 6.45) is 0.494. The number of rotatable bonds is 13. The fourth-order valence-corrected chi connectivity index (χ4v) is 6.44. The van der Waals surface area contributed by atoms with Gasteiger partial charge in [0.1, 0.15) is 0 Å². The van der Waals surface area contributed by atoms with Gasteiger partial charge in [0.2, 0.25) is 0 Å². The highest BCUT2D eigenvalue weighted by Crippen LogP contribution is 2.30. The molecule has 0 spiro atoms. The van der Waals surface area contributed by atoms with Crippen molar-refractivity contribution in [1.82, 2.24) is 25.1 Å². The molecule has 5 aromatic rings. The van der Waals surface area contributed by atoms with Crippen LogP contribution in [0.5, 0.6) is 5.75 Å². The number of carbonyl (C=O) groups excluding carboxylic acids is 1. The highest BCUT2D eigenvalue weighted by Gasteiger charge is 2.22. The number of nitrogens with one attached hydrogen (secondary N) is 2. The van der Waals surface area contributed by atoms with Gasteiger partial charge in [0.25, 0.3) is 0 Å². The van der Waals surface area contributed by atoms with Crippen LogP contribution >= 0.6 is 22.7 Å². The third-order valence-corrected chi connectivity index (χ3v) is 8.75. The van der Waals surface area contributed by atoms with E-state index in [-0.39, 0.29) is 30.6 Å². The zero-order valence-corrected chi connectivity index (χ0v) is 28.5. The predicted molar refractivity (Wildman–Crippen MR) is 185 cm³/mol. The molecule has 0 radical (unpaired) electrons. The topological polar surface area (TPSA) is 114 Å². The van der Waals surface area contributed by atoms with Crippen LogP contribution < -0.4 is 15.4 Å². The van der Waals surface area contributed by atoms with E-state index in [0.29, 0.717) is 41.7 Å². The van der Waals surface area contributed by atoms with Gasteiger partial charge in [-0.3, -0.25) is 4.90 Å². The number of aromatic nitrogens is 4. The number of anilines is 3. The van der Waals surface area contributed by atoms with Gasteiger partial charge < -0.3 is 20.1 Å². The number of halogens is 1. The van der Waals surface area contributed by atoms with E-state index >= 15 is 0 Å². The Morgan fingerprint density at radius 2 is 1.91 bits per heavy atom. The van der Waals surface area contributed by atoms with E-state index in [1.807, 2.05) is 63.2 Å². The van der Waals surface area contributed by atoms with Gasteiger partial charge in [-0.2, -0.15) is 5.10 Å². The summed E-state index contributed by atoms with van der Waals surface area (Å²) in [6.45, 7) is 7.12. The summed E-state index contributed by atoms with van der Waals surface area (Å²) in [4.78, 5) is 24.6. The Kier molecular flexibility index (Phi) is 11.3. The van der Waals surface area contributed by atoms with Crippen molar-refractivity contribution < 1.29 is 18.7 Å². The largest absolute Gasteiger partial charge is 0.490 e. The maximum absolute atomic E-state index is 14.7. The van der Waals surface area contributed by atoms with Gasteiger partial charge in [0.15, 0.2) is 33.3 Å². The summed E-state index contributed by atoms with van der Waals surface area (Å²) in [5.41, 5.74) is 3.41. The van der Waals surface area contributed by atoms with E-state index in [9.17, 15) is 9.18 Å². The Morgan fingerprint density at radius 1 is 1.09 bits per heavy atom. The summed E-state index contributed by atoms with van der Waals surface area (Å²) in [5, 5.41) is 16.6. The van der Waals surface area contributed by atoms with Crippen molar-refractivity contribution >= 4 is 54.9 Å². The van der Waals surface area contributed by atoms with Gasteiger partial charge in [-0.25, -0.2) is 19.2 Å². The molecule has 0 saturated heterocycles. The maximum Gasteiger partial charge on any atom is 0.358 e. The molecule has 10 nitrogen and oxygen atoms in total. The van der Waals surface area contributed by atoms with E-state index in [1.165, 1.54) is 17.4 Å². The Balaban J connectivity index is 1.20. The molecule has 0 fully saturated rings. The summed E-state index contributed by atoms with van der Waals surface area (Å²) in [5.74, 6) is 5.74. The maximum atomic E-state index is 14.7. The lowest BCUT2D eigenvalue weighted by Crippen LogP contribution is -2.14. The van der Waals surface area contributed by atoms with Crippen LogP contribution in [0.4, 0.5) is 20.5 Å². The first kappa shape index (κ1) is 33.7. The van der Waals surface area contributed by atoms with Crippen molar-refractivity contribution in [3.63, 3.8) is 0 Å². The third-order valence-electron chi connectivity index (χ3n) is 6.76. The Morgan fingerprint density at radius 3 is 2.66 bits per heavy atom. The van der Waals surface area contributed by atoms with Crippen molar-refractivity contribution in [3.8, 4) is 17.6 Å². The summed E-state index contributed by atoms with van der Waals surface area (Å²) >= 11 is 2.92. The number of thiazole rings is 2. The smallest absolute Gasteiger partial charge is 0.358 e. The van der Waals surface area contributed by atoms with Crippen molar-refractivity contribution in [2.75, 3.05) is 44.5 Å². The molecule has 0 amide bonds. The molecule has 47 heavy (non-hydrogen) atoms. The first-order chi connectivity index (χ1) is 22.7. The predicted octanol–water partition coefficient (Wildman–Crippen LogP) is 6.69. The number of hydrogen-bond acceptors (Lipinski definition) is 12. The van der Waals surface area contributed by atoms with Crippen molar-refractivity contribution in [1.29, 1.82) is 0 Å². The molecule has 0 aliphatic heterocycles. The Hall–Kier alpha value is -4.64. The average molecular weight is 674 g/mol. The molecule has 13 heteroatoms. The summed E-state index contributed by atoms with van der Waals surface area (Å²) in [7, 11) is 3.85. The van der Waals surface area contributed by atoms with Gasteiger partial charge in [-0.1, -0.05) is 42.2 Å². The highest BCUT2D eigenvalue weighted by molar-refractivity contribution is 7.22. The zero-order valence-electron chi connectivity index (χ0n) is 26.9. The third kappa shape index (κ3) is 9.22. The highest BCUT2D eigenvalue weighted by atomic mass is 32.1. The quantitative estimate of drug-likeness (QED) is 0.103. The summed E-state index contributed by atoms with van der Waals surface area (Å²) < 4.78 is 26.8. The molecule has 3 heterocycles. The molecule has 0 saturated carbocycles. The average Bonchev–Trinajstić information content (AvgIpc) is 3.64. The van der Waals surface area contributed by atoms with Crippen LogP contribution in [0.3, 0.4) is 0 Å². The van der Waals surface area contributed by atoms with Crippen LogP contribution in [0.2, 0.25) is 0 Å². The number of ether oxygens (including phenoxy) is 2. The molecule has 0 bridgehead atoms. The van der Waals surface area contributed by atoms with Gasteiger partial charge in [-0.15, -0.1) is 16.4 Å². The Bertz CT molecular complexity index is 1880. The van der Waals surface area contributed by atoms with Crippen LogP contribution in [0, 0.1) is 30.5 Å². The number of para-hydroxylation sites is 1. The normalized spacial score (nSPS) is 11.6. The second kappa shape index (κ2) is 15.8.